The Morgan fingerprint density at radius 2 is 2.11 bits per heavy atom. The van der Waals surface area contributed by atoms with Crippen LogP contribution < -0.4 is 5.32 Å². The maximum atomic E-state index is 5.66. The Morgan fingerprint density at radius 1 is 1.32 bits per heavy atom. The van der Waals surface area contributed by atoms with Gasteiger partial charge in [0.1, 0.15) is 5.52 Å². The Morgan fingerprint density at radius 3 is 2.89 bits per heavy atom. The van der Waals surface area contributed by atoms with E-state index in [1.807, 2.05) is 24.3 Å². The largest absolute Gasteiger partial charge is 0.424 e. The number of oxazole rings is 1. The molecule has 1 saturated heterocycles. The van der Waals surface area contributed by atoms with E-state index in [-0.39, 0.29) is 0 Å². The number of aromatic nitrogens is 1. The molecule has 1 atom stereocenters. The summed E-state index contributed by atoms with van der Waals surface area (Å²) in [7, 11) is 0. The van der Waals surface area contributed by atoms with E-state index in [4.69, 9.17) is 9.15 Å². The highest BCUT2D eigenvalue weighted by atomic mass is 16.5. The second-order valence-corrected chi connectivity index (χ2v) is 4.95. The van der Waals surface area contributed by atoms with Crippen LogP contribution in [0.4, 0.5) is 6.01 Å². The average Bonchev–Trinajstić information content (AvgIpc) is 2.81. The summed E-state index contributed by atoms with van der Waals surface area (Å²) in [6.07, 6.45) is 0. The average molecular weight is 261 g/mol. The third-order valence-electron chi connectivity index (χ3n) is 3.30. The van der Waals surface area contributed by atoms with Gasteiger partial charge in [-0.25, -0.2) is 0 Å². The van der Waals surface area contributed by atoms with Gasteiger partial charge in [-0.3, -0.25) is 4.90 Å². The van der Waals surface area contributed by atoms with Gasteiger partial charge in [0.05, 0.1) is 13.2 Å². The van der Waals surface area contributed by atoms with Gasteiger partial charge in [-0.15, -0.1) is 0 Å². The van der Waals surface area contributed by atoms with Crippen molar-refractivity contribution in [1.82, 2.24) is 9.88 Å². The molecule has 0 spiro atoms. The molecule has 2 heterocycles. The van der Waals surface area contributed by atoms with E-state index in [1.165, 1.54) is 0 Å². The van der Waals surface area contributed by atoms with Crippen LogP contribution >= 0.6 is 0 Å². The van der Waals surface area contributed by atoms with E-state index < -0.39 is 0 Å². The quantitative estimate of drug-likeness (QED) is 0.911. The molecule has 19 heavy (non-hydrogen) atoms. The lowest BCUT2D eigenvalue weighted by Gasteiger charge is -2.29. The van der Waals surface area contributed by atoms with Gasteiger partial charge in [0.25, 0.3) is 6.01 Å². The predicted octanol–water partition coefficient (Wildman–Crippen LogP) is 1.96. The fraction of sp³-hybridized carbons (Fsp3) is 0.500. The number of morpholine rings is 1. The lowest BCUT2D eigenvalue weighted by molar-refractivity contribution is 0.0367. The Bertz CT molecular complexity index is 501. The van der Waals surface area contributed by atoms with Gasteiger partial charge in [0.15, 0.2) is 5.58 Å². The number of nitrogens with one attached hydrogen (secondary N) is 1. The minimum absolute atomic E-state index is 0.297. The van der Waals surface area contributed by atoms with Crippen molar-refractivity contribution in [3.05, 3.63) is 24.3 Å². The minimum atomic E-state index is 0.297. The van der Waals surface area contributed by atoms with Crippen LogP contribution in [0, 0.1) is 0 Å². The van der Waals surface area contributed by atoms with Gasteiger partial charge in [0, 0.05) is 25.7 Å². The van der Waals surface area contributed by atoms with Crippen LogP contribution in [0.3, 0.4) is 0 Å². The lowest BCUT2D eigenvalue weighted by atomic mass is 10.3. The number of hydrogen-bond donors (Lipinski definition) is 1. The van der Waals surface area contributed by atoms with E-state index >= 15 is 0 Å². The maximum Gasteiger partial charge on any atom is 0.295 e. The molecule has 1 fully saturated rings. The molecule has 0 unspecified atom stereocenters. The Hall–Kier alpha value is -1.59. The maximum absolute atomic E-state index is 5.66. The van der Waals surface area contributed by atoms with Crippen molar-refractivity contribution in [3.8, 4) is 0 Å². The van der Waals surface area contributed by atoms with Gasteiger partial charge in [-0.1, -0.05) is 12.1 Å². The highest BCUT2D eigenvalue weighted by molar-refractivity contribution is 5.74. The topological polar surface area (TPSA) is 50.5 Å². The highest BCUT2D eigenvalue weighted by Gasteiger charge is 2.15. The van der Waals surface area contributed by atoms with Crippen molar-refractivity contribution in [2.75, 3.05) is 38.2 Å². The molecule has 0 saturated carbocycles. The first-order valence-electron chi connectivity index (χ1n) is 6.73. The smallest absolute Gasteiger partial charge is 0.295 e. The number of fused-ring (bicyclic) bond motifs is 1. The van der Waals surface area contributed by atoms with Gasteiger partial charge < -0.3 is 14.5 Å². The van der Waals surface area contributed by atoms with Crippen LogP contribution in [0.5, 0.6) is 0 Å². The summed E-state index contributed by atoms with van der Waals surface area (Å²) in [4.78, 5) is 6.82. The molecule has 5 nitrogen and oxygen atoms in total. The fourth-order valence-corrected chi connectivity index (χ4v) is 2.36. The van der Waals surface area contributed by atoms with E-state index in [2.05, 4.69) is 22.1 Å². The third kappa shape index (κ3) is 3.05. The Balaban J connectivity index is 1.60. The number of rotatable bonds is 4. The number of benzene rings is 1. The van der Waals surface area contributed by atoms with Crippen molar-refractivity contribution in [2.45, 2.75) is 13.0 Å². The van der Waals surface area contributed by atoms with Crippen molar-refractivity contribution in [3.63, 3.8) is 0 Å². The van der Waals surface area contributed by atoms with Crippen LogP contribution in [0.1, 0.15) is 6.92 Å². The number of nitrogens with zero attached hydrogens (tertiary/aromatic N) is 2. The molecule has 0 aliphatic carbocycles. The molecule has 1 aromatic heterocycles. The zero-order valence-corrected chi connectivity index (χ0v) is 11.1. The zero-order chi connectivity index (χ0) is 13.1. The van der Waals surface area contributed by atoms with Gasteiger partial charge >= 0.3 is 0 Å². The molecular weight excluding hydrogens is 242 g/mol. The first-order chi connectivity index (χ1) is 9.31. The standard InChI is InChI=1S/C14H19N3O2/c1-11(10-17-6-8-18-9-7-17)15-14-16-12-4-2-3-5-13(12)19-14/h2-5,11H,6-10H2,1H3,(H,15,16)/t11-/m1/s1. The molecule has 1 aromatic carbocycles. The Labute approximate surface area is 112 Å². The second-order valence-electron chi connectivity index (χ2n) is 4.95. The van der Waals surface area contributed by atoms with Gasteiger partial charge in [-0.05, 0) is 19.1 Å². The molecule has 1 aliphatic rings. The van der Waals surface area contributed by atoms with Crippen molar-refractivity contribution < 1.29 is 9.15 Å². The summed E-state index contributed by atoms with van der Waals surface area (Å²) in [5.41, 5.74) is 1.71. The van der Waals surface area contributed by atoms with E-state index in [0.29, 0.717) is 12.1 Å². The highest BCUT2D eigenvalue weighted by Crippen LogP contribution is 2.18. The molecule has 0 radical (unpaired) electrons. The molecule has 1 N–H and O–H groups in total. The van der Waals surface area contributed by atoms with E-state index in [0.717, 1.165) is 43.9 Å². The number of ether oxygens (including phenoxy) is 1. The lowest BCUT2D eigenvalue weighted by Crippen LogP contribution is -2.42. The molecule has 102 valence electrons. The zero-order valence-electron chi connectivity index (χ0n) is 11.1. The van der Waals surface area contributed by atoms with Crippen LogP contribution in [0.2, 0.25) is 0 Å². The van der Waals surface area contributed by atoms with Crippen molar-refractivity contribution >= 4 is 17.1 Å². The predicted molar refractivity (Wildman–Crippen MR) is 74.4 cm³/mol. The van der Waals surface area contributed by atoms with E-state index in [9.17, 15) is 0 Å². The molecule has 1 aliphatic heterocycles. The van der Waals surface area contributed by atoms with Crippen LogP contribution in [-0.2, 0) is 4.74 Å². The number of para-hydroxylation sites is 2. The van der Waals surface area contributed by atoms with Crippen molar-refractivity contribution in [2.24, 2.45) is 0 Å². The second kappa shape index (κ2) is 5.59. The summed E-state index contributed by atoms with van der Waals surface area (Å²) >= 11 is 0. The monoisotopic (exact) mass is 261 g/mol. The molecule has 0 amide bonds. The fourth-order valence-electron chi connectivity index (χ4n) is 2.36. The molecule has 0 bridgehead atoms. The first-order valence-corrected chi connectivity index (χ1v) is 6.73. The molecule has 3 rings (SSSR count). The van der Waals surface area contributed by atoms with Gasteiger partial charge in [-0.2, -0.15) is 4.98 Å². The number of anilines is 1. The van der Waals surface area contributed by atoms with E-state index in [1.54, 1.807) is 0 Å². The minimum Gasteiger partial charge on any atom is -0.424 e. The molecule has 2 aromatic rings. The van der Waals surface area contributed by atoms with Crippen LogP contribution in [-0.4, -0.2) is 48.8 Å². The Kier molecular flexibility index (Phi) is 3.66. The molecule has 5 heteroatoms. The van der Waals surface area contributed by atoms with Crippen molar-refractivity contribution in [1.29, 1.82) is 0 Å². The summed E-state index contributed by atoms with van der Waals surface area (Å²) in [6, 6.07) is 8.70. The first kappa shape index (κ1) is 12.4. The summed E-state index contributed by atoms with van der Waals surface area (Å²) in [5.74, 6) is 0. The summed E-state index contributed by atoms with van der Waals surface area (Å²) in [5, 5.41) is 3.32. The number of hydrogen-bond acceptors (Lipinski definition) is 5. The van der Waals surface area contributed by atoms with Gasteiger partial charge in [0.2, 0.25) is 0 Å². The van der Waals surface area contributed by atoms with Crippen LogP contribution in [0.15, 0.2) is 28.7 Å². The summed E-state index contributed by atoms with van der Waals surface area (Å²) in [6.45, 7) is 6.77. The normalized spacial score (nSPS) is 18.6. The molecular formula is C14H19N3O2. The summed E-state index contributed by atoms with van der Waals surface area (Å²) < 4.78 is 11.0. The SMILES string of the molecule is C[C@H](CN1CCOCC1)Nc1nc2ccccc2o1. The third-order valence-corrected chi connectivity index (χ3v) is 3.30. The van der Waals surface area contributed by atoms with Crippen LogP contribution in [0.25, 0.3) is 11.1 Å².